The Balaban J connectivity index is 4.20. The van der Waals surface area contributed by atoms with E-state index >= 15 is 0 Å². The van der Waals surface area contributed by atoms with Crippen LogP contribution in [0.4, 0.5) is 0 Å². The molecule has 0 aromatic rings. The number of carbonyl (C=O) groups is 3. The summed E-state index contributed by atoms with van der Waals surface area (Å²) in [5.41, 5.74) is 0. The van der Waals surface area contributed by atoms with Gasteiger partial charge in [0, 0.05) is 19.3 Å². The number of carbonyl (C=O) groups excluding carboxylic acids is 3. The monoisotopic (exact) mass is 1150 g/mol. The summed E-state index contributed by atoms with van der Waals surface area (Å²) in [4.78, 5) is 38.5. The van der Waals surface area contributed by atoms with E-state index in [0.717, 1.165) is 89.9 Å². The van der Waals surface area contributed by atoms with Crippen LogP contribution in [-0.2, 0) is 28.6 Å². The van der Waals surface area contributed by atoms with Gasteiger partial charge in [0.15, 0.2) is 6.10 Å². The summed E-state index contributed by atoms with van der Waals surface area (Å²) in [5, 5.41) is 0. The second-order valence-electron chi connectivity index (χ2n) is 24.5. The summed E-state index contributed by atoms with van der Waals surface area (Å²) >= 11 is 0. The molecule has 6 nitrogen and oxygen atoms in total. The maximum absolute atomic E-state index is 13.0. The standard InChI is InChI=1S/C76H138O6/c1-4-7-10-13-16-19-22-25-28-30-32-33-34-35-36-37-38-39-40-41-42-43-45-46-48-51-54-57-60-63-66-69-75(78)81-72-73(71-80-74(77)68-65-62-59-56-53-50-27-24-21-18-15-12-9-6-3)82-76(79)70-67-64-61-58-55-52-49-47-44-31-29-26-23-20-17-14-11-8-5-2/h7,10,16,19,25,28,32-33,35-36,73H,4-6,8-9,11-15,17-18,20-24,26-27,29-31,34,37-72H2,1-3H3/b10-7-,19-16-,28-25-,33-32-,36-35-. The molecule has 0 aromatic carbocycles. The lowest BCUT2D eigenvalue weighted by Crippen LogP contribution is -2.30. The van der Waals surface area contributed by atoms with Crippen molar-refractivity contribution >= 4 is 17.9 Å². The van der Waals surface area contributed by atoms with Gasteiger partial charge >= 0.3 is 17.9 Å². The number of hydrogen-bond donors (Lipinski definition) is 0. The van der Waals surface area contributed by atoms with Crippen LogP contribution in [0.1, 0.15) is 387 Å². The topological polar surface area (TPSA) is 78.9 Å². The molecular weight excluding hydrogens is 1010 g/mol. The minimum atomic E-state index is -0.770. The van der Waals surface area contributed by atoms with Gasteiger partial charge in [0.05, 0.1) is 0 Å². The molecule has 0 aliphatic carbocycles. The number of rotatable bonds is 67. The number of esters is 3. The second-order valence-corrected chi connectivity index (χ2v) is 24.5. The number of ether oxygens (including phenoxy) is 3. The molecule has 1 atom stereocenters. The smallest absolute Gasteiger partial charge is 0.306 e. The van der Waals surface area contributed by atoms with Crippen molar-refractivity contribution < 1.29 is 28.6 Å². The normalized spacial score (nSPS) is 12.4. The maximum Gasteiger partial charge on any atom is 0.306 e. The fourth-order valence-corrected chi connectivity index (χ4v) is 10.9. The lowest BCUT2D eigenvalue weighted by atomic mass is 10.0. The van der Waals surface area contributed by atoms with Gasteiger partial charge in [-0.05, 0) is 64.2 Å². The van der Waals surface area contributed by atoms with Crippen LogP contribution in [0.2, 0.25) is 0 Å². The van der Waals surface area contributed by atoms with Gasteiger partial charge in [-0.1, -0.05) is 364 Å². The van der Waals surface area contributed by atoms with E-state index < -0.39 is 6.10 Å². The molecule has 0 fully saturated rings. The van der Waals surface area contributed by atoms with Crippen molar-refractivity contribution in [1.82, 2.24) is 0 Å². The van der Waals surface area contributed by atoms with Crippen LogP contribution in [0.5, 0.6) is 0 Å². The highest BCUT2D eigenvalue weighted by Crippen LogP contribution is 2.19. The van der Waals surface area contributed by atoms with E-state index in [1.54, 1.807) is 0 Å². The third kappa shape index (κ3) is 67.9. The zero-order chi connectivity index (χ0) is 59.2. The van der Waals surface area contributed by atoms with Gasteiger partial charge in [-0.25, -0.2) is 0 Å². The fourth-order valence-electron chi connectivity index (χ4n) is 10.9. The van der Waals surface area contributed by atoms with E-state index in [1.165, 1.54) is 257 Å². The van der Waals surface area contributed by atoms with Crippen molar-refractivity contribution in [1.29, 1.82) is 0 Å². The van der Waals surface area contributed by atoms with E-state index in [0.29, 0.717) is 19.3 Å². The van der Waals surface area contributed by atoms with E-state index in [-0.39, 0.29) is 31.1 Å². The largest absolute Gasteiger partial charge is 0.462 e. The first-order chi connectivity index (χ1) is 40.5. The molecule has 6 heteroatoms. The average molecular weight is 1150 g/mol. The molecule has 0 rings (SSSR count). The molecule has 0 spiro atoms. The summed E-state index contributed by atoms with van der Waals surface area (Å²) in [5.74, 6) is -0.836. The Kier molecular flexibility index (Phi) is 68.1. The third-order valence-corrected chi connectivity index (χ3v) is 16.3. The van der Waals surface area contributed by atoms with Gasteiger partial charge < -0.3 is 14.2 Å². The maximum atomic E-state index is 13.0. The van der Waals surface area contributed by atoms with Crippen LogP contribution in [0.3, 0.4) is 0 Å². The fraction of sp³-hybridized carbons (Fsp3) is 0.829. The Morgan fingerprint density at radius 2 is 0.476 bits per heavy atom. The highest BCUT2D eigenvalue weighted by Gasteiger charge is 2.19. The summed E-state index contributed by atoms with van der Waals surface area (Å²) in [7, 11) is 0. The molecule has 0 saturated carbocycles. The van der Waals surface area contributed by atoms with Crippen LogP contribution < -0.4 is 0 Å². The lowest BCUT2D eigenvalue weighted by Gasteiger charge is -2.18. The molecule has 1 unspecified atom stereocenters. The van der Waals surface area contributed by atoms with E-state index in [4.69, 9.17) is 14.2 Å². The lowest BCUT2D eigenvalue weighted by molar-refractivity contribution is -0.167. The van der Waals surface area contributed by atoms with Crippen LogP contribution in [0.25, 0.3) is 0 Å². The van der Waals surface area contributed by atoms with Crippen LogP contribution >= 0.6 is 0 Å². The first kappa shape index (κ1) is 79.1. The Morgan fingerprint density at radius 3 is 0.744 bits per heavy atom. The Morgan fingerprint density at radius 1 is 0.256 bits per heavy atom. The number of allylic oxidation sites excluding steroid dienone is 10. The highest BCUT2D eigenvalue weighted by molar-refractivity contribution is 5.71. The average Bonchev–Trinajstić information content (AvgIpc) is 3.47. The molecule has 0 radical (unpaired) electrons. The zero-order valence-electron chi connectivity index (χ0n) is 55.0. The van der Waals surface area contributed by atoms with Gasteiger partial charge in [-0.15, -0.1) is 0 Å². The van der Waals surface area contributed by atoms with Crippen molar-refractivity contribution in [2.24, 2.45) is 0 Å². The van der Waals surface area contributed by atoms with Crippen molar-refractivity contribution in [3.63, 3.8) is 0 Å². The molecule has 0 aliphatic rings. The van der Waals surface area contributed by atoms with Crippen molar-refractivity contribution in [2.75, 3.05) is 13.2 Å². The first-order valence-electron chi connectivity index (χ1n) is 36.3. The van der Waals surface area contributed by atoms with Gasteiger partial charge in [0.25, 0.3) is 0 Å². The molecule has 0 saturated heterocycles. The molecular formula is C76H138O6. The quantitative estimate of drug-likeness (QED) is 0.0261. The van der Waals surface area contributed by atoms with Crippen LogP contribution in [-0.4, -0.2) is 37.2 Å². The molecule has 478 valence electrons. The van der Waals surface area contributed by atoms with E-state index in [2.05, 4.69) is 81.5 Å². The number of hydrogen-bond acceptors (Lipinski definition) is 6. The summed E-state index contributed by atoms with van der Waals surface area (Å²) in [6.07, 6.45) is 91.1. The van der Waals surface area contributed by atoms with E-state index in [9.17, 15) is 14.4 Å². The third-order valence-electron chi connectivity index (χ3n) is 16.3. The molecule has 0 heterocycles. The Hall–Kier alpha value is -2.89. The van der Waals surface area contributed by atoms with Crippen molar-refractivity contribution in [3.05, 3.63) is 60.8 Å². The molecule has 0 bridgehead atoms. The predicted octanol–water partition coefficient (Wildman–Crippen LogP) is 25.1. The van der Waals surface area contributed by atoms with Gasteiger partial charge in [0.1, 0.15) is 13.2 Å². The molecule has 0 N–H and O–H groups in total. The Bertz CT molecular complexity index is 1460. The van der Waals surface area contributed by atoms with Gasteiger partial charge in [-0.3, -0.25) is 14.4 Å². The Labute approximate surface area is 510 Å². The molecule has 0 aliphatic heterocycles. The summed E-state index contributed by atoms with van der Waals surface area (Å²) < 4.78 is 17.0. The van der Waals surface area contributed by atoms with Crippen LogP contribution in [0, 0.1) is 0 Å². The van der Waals surface area contributed by atoms with Gasteiger partial charge in [-0.2, -0.15) is 0 Å². The SMILES string of the molecule is CC/C=C\C/C=C\C/C=C\C/C=C\C/C=C\CCCCCCCCCCCCCCCCCC(=O)OCC(COC(=O)CCCCCCCCCCCCCCCC)OC(=O)CCCCCCCCCCCCCCCCCCCCC. The minimum Gasteiger partial charge on any atom is -0.462 e. The predicted molar refractivity (Wildman–Crippen MR) is 358 cm³/mol. The van der Waals surface area contributed by atoms with Gasteiger partial charge in [0.2, 0.25) is 0 Å². The molecule has 82 heavy (non-hydrogen) atoms. The summed E-state index contributed by atoms with van der Waals surface area (Å²) in [6.45, 7) is 6.60. The highest BCUT2D eigenvalue weighted by atomic mass is 16.6. The van der Waals surface area contributed by atoms with Crippen molar-refractivity contribution in [2.45, 2.75) is 393 Å². The van der Waals surface area contributed by atoms with Crippen LogP contribution in [0.15, 0.2) is 60.8 Å². The zero-order valence-corrected chi connectivity index (χ0v) is 55.0. The molecule has 0 aromatic heterocycles. The number of unbranched alkanes of at least 4 members (excludes halogenated alkanes) is 46. The second kappa shape index (κ2) is 70.6. The van der Waals surface area contributed by atoms with Crippen molar-refractivity contribution in [3.8, 4) is 0 Å². The molecule has 0 amide bonds. The minimum absolute atomic E-state index is 0.0663. The summed E-state index contributed by atoms with van der Waals surface area (Å²) in [6, 6.07) is 0. The first-order valence-corrected chi connectivity index (χ1v) is 36.3. The van der Waals surface area contributed by atoms with E-state index in [1.807, 2.05) is 0 Å².